The molecule has 148 valence electrons. The average Bonchev–Trinajstić information content (AvgIpc) is 3.08. The van der Waals surface area contributed by atoms with Crippen molar-refractivity contribution < 1.29 is 18.0 Å². The maximum atomic E-state index is 12.4. The topological polar surface area (TPSA) is 83.6 Å². The molecule has 28 heavy (non-hydrogen) atoms. The van der Waals surface area contributed by atoms with Crippen molar-refractivity contribution in [1.29, 1.82) is 0 Å². The number of hydrogen-bond donors (Lipinski definition) is 1. The second-order valence-electron chi connectivity index (χ2n) is 7.16. The van der Waals surface area contributed by atoms with Gasteiger partial charge < -0.3 is 10.2 Å². The van der Waals surface area contributed by atoms with Gasteiger partial charge >= 0.3 is 0 Å². The van der Waals surface area contributed by atoms with Crippen molar-refractivity contribution in [2.24, 2.45) is 0 Å². The van der Waals surface area contributed by atoms with Gasteiger partial charge in [-0.3, -0.25) is 9.59 Å². The van der Waals surface area contributed by atoms with Gasteiger partial charge in [0, 0.05) is 24.3 Å². The van der Waals surface area contributed by atoms with Crippen molar-refractivity contribution in [2.45, 2.75) is 43.3 Å². The number of sulfone groups is 1. The summed E-state index contributed by atoms with van der Waals surface area (Å²) in [7, 11) is -3.32. The number of anilines is 2. The number of amides is 2. The molecular formula is C21H24N2O4S. The van der Waals surface area contributed by atoms with E-state index in [0.29, 0.717) is 18.7 Å². The molecule has 6 nitrogen and oxygen atoms in total. The van der Waals surface area contributed by atoms with Gasteiger partial charge in [-0.1, -0.05) is 18.2 Å². The minimum Gasteiger partial charge on any atom is -0.326 e. The van der Waals surface area contributed by atoms with E-state index in [1.165, 1.54) is 12.1 Å². The van der Waals surface area contributed by atoms with Crippen molar-refractivity contribution in [3.8, 4) is 0 Å². The van der Waals surface area contributed by atoms with Crippen LogP contribution in [0.3, 0.4) is 0 Å². The fraction of sp³-hybridized carbons (Fsp3) is 0.333. The molecule has 3 rings (SSSR count). The first-order valence-corrected chi connectivity index (χ1v) is 10.8. The van der Waals surface area contributed by atoms with Crippen molar-refractivity contribution in [3.63, 3.8) is 0 Å². The zero-order valence-corrected chi connectivity index (χ0v) is 16.8. The number of nitrogens with zero attached hydrogens (tertiary/aromatic N) is 1. The molecule has 2 aromatic carbocycles. The van der Waals surface area contributed by atoms with Crippen LogP contribution in [0.5, 0.6) is 0 Å². The van der Waals surface area contributed by atoms with Gasteiger partial charge in [-0.15, -0.1) is 0 Å². The second-order valence-corrected chi connectivity index (χ2v) is 9.67. The molecule has 1 fully saturated rings. The van der Waals surface area contributed by atoms with Crippen molar-refractivity contribution in [3.05, 3.63) is 54.1 Å². The molecule has 2 amide bonds. The predicted octanol–water partition coefficient (Wildman–Crippen LogP) is 3.18. The Balaban J connectivity index is 1.65. The van der Waals surface area contributed by atoms with Crippen molar-refractivity contribution in [2.75, 3.05) is 16.8 Å². The Labute approximate surface area is 165 Å². The molecule has 0 radical (unpaired) electrons. The lowest BCUT2D eigenvalue weighted by Gasteiger charge is -2.16. The van der Waals surface area contributed by atoms with Crippen LogP contribution in [0.15, 0.2) is 53.4 Å². The lowest BCUT2D eigenvalue weighted by Crippen LogP contribution is -2.23. The third-order valence-electron chi connectivity index (χ3n) is 4.75. The van der Waals surface area contributed by atoms with Gasteiger partial charge in [0.25, 0.3) is 0 Å². The van der Waals surface area contributed by atoms with Gasteiger partial charge in [-0.05, 0) is 56.2 Å². The molecule has 1 heterocycles. The zero-order valence-electron chi connectivity index (χ0n) is 16.0. The summed E-state index contributed by atoms with van der Waals surface area (Å²) >= 11 is 0. The molecular weight excluding hydrogens is 376 g/mol. The number of hydrogen-bond acceptors (Lipinski definition) is 4. The molecule has 0 bridgehead atoms. The molecule has 0 atom stereocenters. The van der Waals surface area contributed by atoms with Crippen molar-refractivity contribution >= 4 is 33.0 Å². The highest BCUT2D eigenvalue weighted by atomic mass is 32.2. The van der Waals surface area contributed by atoms with Gasteiger partial charge in [0.05, 0.1) is 16.6 Å². The first-order valence-electron chi connectivity index (χ1n) is 9.30. The van der Waals surface area contributed by atoms with Gasteiger partial charge in [0.15, 0.2) is 9.84 Å². The summed E-state index contributed by atoms with van der Waals surface area (Å²) in [5.41, 5.74) is 2.14. The summed E-state index contributed by atoms with van der Waals surface area (Å²) in [6.07, 6.45) is 1.53. The zero-order chi connectivity index (χ0) is 20.3. The summed E-state index contributed by atoms with van der Waals surface area (Å²) in [5, 5.41) is 2.35. The van der Waals surface area contributed by atoms with Crippen LogP contribution in [0.2, 0.25) is 0 Å². The van der Waals surface area contributed by atoms with Gasteiger partial charge in [-0.2, -0.15) is 0 Å². The summed E-state index contributed by atoms with van der Waals surface area (Å²) in [5.74, 6) is -0.107. The molecule has 0 spiro atoms. The number of carbonyl (C=O) groups is 2. The molecule has 1 saturated heterocycles. The predicted molar refractivity (Wildman–Crippen MR) is 109 cm³/mol. The van der Waals surface area contributed by atoms with E-state index >= 15 is 0 Å². The minimum atomic E-state index is -3.32. The Hall–Kier alpha value is -2.67. The Kier molecular flexibility index (Phi) is 5.84. The quantitative estimate of drug-likeness (QED) is 0.807. The standard InChI is InChI=1S/C21H24N2O4S/c1-15(2)28(26,27)19-10-8-16(9-11-19)13-20(24)22-17-5-3-6-18(14-17)23-12-4-7-21(23)25/h3,5-6,8-11,14-15H,4,7,12-13H2,1-2H3,(H,22,24). The Bertz CT molecular complexity index is 982. The molecule has 0 aliphatic carbocycles. The van der Waals surface area contributed by atoms with Crippen LogP contribution in [0.1, 0.15) is 32.3 Å². The maximum Gasteiger partial charge on any atom is 0.228 e. The first kappa shape index (κ1) is 20.1. The Morgan fingerprint density at radius 2 is 1.86 bits per heavy atom. The molecule has 2 aromatic rings. The fourth-order valence-corrected chi connectivity index (χ4v) is 4.19. The summed E-state index contributed by atoms with van der Waals surface area (Å²) < 4.78 is 24.3. The van der Waals surface area contributed by atoms with Crippen LogP contribution in [-0.2, 0) is 25.8 Å². The molecule has 0 saturated carbocycles. The number of rotatable bonds is 6. The van der Waals surface area contributed by atoms with E-state index in [-0.39, 0.29) is 23.1 Å². The highest BCUT2D eigenvalue weighted by molar-refractivity contribution is 7.92. The normalized spacial score (nSPS) is 14.5. The minimum absolute atomic E-state index is 0.0971. The third-order valence-corrected chi connectivity index (χ3v) is 6.92. The van der Waals surface area contributed by atoms with E-state index in [1.54, 1.807) is 43.0 Å². The smallest absolute Gasteiger partial charge is 0.228 e. The molecule has 7 heteroatoms. The van der Waals surface area contributed by atoms with Crippen LogP contribution in [0.25, 0.3) is 0 Å². The largest absolute Gasteiger partial charge is 0.326 e. The molecule has 1 aliphatic heterocycles. The number of carbonyl (C=O) groups excluding carboxylic acids is 2. The first-order chi connectivity index (χ1) is 13.3. The summed E-state index contributed by atoms with van der Waals surface area (Å²) in [6, 6.07) is 13.6. The van der Waals surface area contributed by atoms with E-state index < -0.39 is 15.1 Å². The van der Waals surface area contributed by atoms with E-state index in [4.69, 9.17) is 0 Å². The van der Waals surface area contributed by atoms with Crippen LogP contribution in [0, 0.1) is 0 Å². The van der Waals surface area contributed by atoms with E-state index in [1.807, 2.05) is 12.1 Å². The summed E-state index contributed by atoms with van der Waals surface area (Å²) in [6.45, 7) is 3.98. The Morgan fingerprint density at radius 1 is 1.14 bits per heavy atom. The lowest BCUT2D eigenvalue weighted by atomic mass is 10.1. The fourth-order valence-electron chi connectivity index (χ4n) is 3.13. The van der Waals surface area contributed by atoms with Crippen molar-refractivity contribution in [1.82, 2.24) is 0 Å². The number of nitrogens with one attached hydrogen (secondary N) is 1. The van der Waals surface area contributed by atoms with Crippen LogP contribution < -0.4 is 10.2 Å². The molecule has 0 unspecified atom stereocenters. The SMILES string of the molecule is CC(C)S(=O)(=O)c1ccc(CC(=O)Nc2cccc(N3CCCC3=O)c2)cc1. The lowest BCUT2D eigenvalue weighted by molar-refractivity contribution is -0.117. The van der Waals surface area contributed by atoms with Gasteiger partial charge in [-0.25, -0.2) is 8.42 Å². The van der Waals surface area contributed by atoms with E-state index in [9.17, 15) is 18.0 Å². The number of benzene rings is 2. The van der Waals surface area contributed by atoms with E-state index in [0.717, 1.165) is 17.7 Å². The van der Waals surface area contributed by atoms with Crippen LogP contribution >= 0.6 is 0 Å². The average molecular weight is 401 g/mol. The third kappa shape index (κ3) is 4.42. The second kappa shape index (κ2) is 8.14. The molecule has 0 aromatic heterocycles. The molecule has 1 N–H and O–H groups in total. The highest BCUT2D eigenvalue weighted by Crippen LogP contribution is 2.24. The highest BCUT2D eigenvalue weighted by Gasteiger charge is 2.22. The van der Waals surface area contributed by atoms with Crippen LogP contribution in [-0.4, -0.2) is 32.0 Å². The van der Waals surface area contributed by atoms with Crippen LogP contribution in [0.4, 0.5) is 11.4 Å². The summed E-state index contributed by atoms with van der Waals surface area (Å²) in [4.78, 5) is 26.2. The van der Waals surface area contributed by atoms with E-state index in [2.05, 4.69) is 5.32 Å². The van der Waals surface area contributed by atoms with Gasteiger partial charge in [0.1, 0.15) is 0 Å². The molecule has 1 aliphatic rings. The Morgan fingerprint density at radius 3 is 2.46 bits per heavy atom. The maximum absolute atomic E-state index is 12.4. The monoisotopic (exact) mass is 400 g/mol. The van der Waals surface area contributed by atoms with Gasteiger partial charge in [0.2, 0.25) is 11.8 Å².